The molecule has 1 amide bonds. The van der Waals surface area contributed by atoms with Crippen molar-refractivity contribution in [2.24, 2.45) is 5.10 Å². The summed E-state index contributed by atoms with van der Waals surface area (Å²) >= 11 is 0. The molecule has 1 aliphatic rings. The van der Waals surface area contributed by atoms with Gasteiger partial charge < -0.3 is 9.15 Å². The molecule has 8 nitrogen and oxygen atoms in total. The molecule has 0 spiro atoms. The van der Waals surface area contributed by atoms with E-state index in [9.17, 15) is 13.2 Å². The first-order valence-electron chi connectivity index (χ1n) is 10.1. The molecule has 4 rings (SSSR count). The third-order valence-electron chi connectivity index (χ3n) is 4.93. The predicted octanol–water partition coefficient (Wildman–Crippen LogP) is 4.04. The molecule has 2 heterocycles. The summed E-state index contributed by atoms with van der Waals surface area (Å²) in [6.45, 7) is 2.39. The van der Waals surface area contributed by atoms with Crippen LogP contribution in [0.4, 0.5) is 5.69 Å². The minimum atomic E-state index is -3.42. The number of para-hydroxylation sites is 1. The molecule has 0 bridgehead atoms. The number of carbonyl (C=O) groups excluding carboxylic acids is 1. The molecule has 1 N–H and O–H groups in total. The summed E-state index contributed by atoms with van der Waals surface area (Å²) in [5, 5.41) is 6.02. The van der Waals surface area contributed by atoms with Crippen LogP contribution >= 0.6 is 0 Å². The standard InChI is InChI=1S/C23H23N3O5S/c1-3-30-21-11-5-4-10-18(21)20-15-19(24-26(20)23(27)22-12-7-13-31-22)16-8-6-9-17(14-16)25-32(2,28)29/h4-14,20,25H,3,15H2,1-2H3/t20-/m0/s1. The van der Waals surface area contributed by atoms with Crippen molar-refractivity contribution in [3.05, 3.63) is 83.8 Å². The highest BCUT2D eigenvalue weighted by atomic mass is 32.2. The Morgan fingerprint density at radius 3 is 2.72 bits per heavy atom. The van der Waals surface area contributed by atoms with Crippen LogP contribution in [0.1, 0.15) is 41.1 Å². The second-order valence-corrected chi connectivity index (χ2v) is 9.07. The van der Waals surface area contributed by atoms with Crippen molar-refractivity contribution in [2.45, 2.75) is 19.4 Å². The zero-order valence-electron chi connectivity index (χ0n) is 17.7. The number of ether oxygens (including phenoxy) is 1. The van der Waals surface area contributed by atoms with Gasteiger partial charge in [-0.1, -0.05) is 30.3 Å². The molecule has 0 saturated heterocycles. The van der Waals surface area contributed by atoms with Crippen LogP contribution in [0, 0.1) is 0 Å². The third-order valence-corrected chi connectivity index (χ3v) is 5.53. The number of anilines is 1. The number of rotatable bonds is 7. The monoisotopic (exact) mass is 453 g/mol. The Kier molecular flexibility index (Phi) is 6.00. The predicted molar refractivity (Wildman–Crippen MR) is 121 cm³/mol. The number of hydrogen-bond acceptors (Lipinski definition) is 6. The molecule has 0 unspecified atom stereocenters. The van der Waals surface area contributed by atoms with Gasteiger partial charge in [0.05, 0.1) is 30.9 Å². The van der Waals surface area contributed by atoms with Crippen molar-refractivity contribution in [3.63, 3.8) is 0 Å². The average Bonchev–Trinajstić information content (AvgIpc) is 3.43. The van der Waals surface area contributed by atoms with Crippen molar-refractivity contribution < 1.29 is 22.4 Å². The van der Waals surface area contributed by atoms with E-state index in [1.165, 1.54) is 11.3 Å². The van der Waals surface area contributed by atoms with E-state index in [0.717, 1.165) is 11.8 Å². The van der Waals surface area contributed by atoms with Gasteiger partial charge in [-0.15, -0.1) is 0 Å². The summed E-state index contributed by atoms with van der Waals surface area (Å²) < 4.78 is 36.8. The normalized spacial score (nSPS) is 16.0. The van der Waals surface area contributed by atoms with Gasteiger partial charge in [-0.2, -0.15) is 5.10 Å². The van der Waals surface area contributed by atoms with Crippen LogP contribution in [0.15, 0.2) is 76.4 Å². The number of furan rings is 1. The first-order valence-corrected chi connectivity index (χ1v) is 12.0. The van der Waals surface area contributed by atoms with E-state index < -0.39 is 16.1 Å². The molecule has 166 valence electrons. The maximum absolute atomic E-state index is 13.2. The van der Waals surface area contributed by atoms with E-state index >= 15 is 0 Å². The minimum Gasteiger partial charge on any atom is -0.494 e. The molecule has 1 atom stereocenters. The number of hydrazone groups is 1. The fourth-order valence-corrected chi connectivity index (χ4v) is 4.20. The topological polar surface area (TPSA) is 101 Å². The summed E-state index contributed by atoms with van der Waals surface area (Å²) in [6, 6.07) is 17.3. The van der Waals surface area contributed by atoms with Crippen LogP contribution < -0.4 is 9.46 Å². The third kappa shape index (κ3) is 4.67. The van der Waals surface area contributed by atoms with Crippen molar-refractivity contribution >= 4 is 27.3 Å². The molecule has 9 heteroatoms. The fraction of sp³-hybridized carbons (Fsp3) is 0.217. The van der Waals surface area contributed by atoms with Crippen LogP contribution in [0.25, 0.3) is 0 Å². The summed E-state index contributed by atoms with van der Waals surface area (Å²) in [7, 11) is -3.42. The van der Waals surface area contributed by atoms with Gasteiger partial charge in [0.25, 0.3) is 0 Å². The molecular weight excluding hydrogens is 430 g/mol. The molecule has 0 radical (unpaired) electrons. The molecule has 32 heavy (non-hydrogen) atoms. The maximum Gasteiger partial charge on any atom is 0.310 e. The Bertz CT molecular complexity index is 1250. The smallest absolute Gasteiger partial charge is 0.310 e. The van der Waals surface area contributed by atoms with Gasteiger partial charge in [-0.25, -0.2) is 13.4 Å². The molecule has 3 aromatic rings. The van der Waals surface area contributed by atoms with Gasteiger partial charge >= 0.3 is 5.91 Å². The molecular formula is C23H23N3O5S. The number of benzene rings is 2. The van der Waals surface area contributed by atoms with Gasteiger partial charge in [-0.05, 0) is 42.8 Å². The lowest BCUT2D eigenvalue weighted by Crippen LogP contribution is -2.27. The van der Waals surface area contributed by atoms with Crippen molar-refractivity contribution in [1.82, 2.24) is 5.01 Å². The van der Waals surface area contributed by atoms with E-state index in [-0.39, 0.29) is 11.7 Å². The van der Waals surface area contributed by atoms with E-state index in [1.807, 2.05) is 37.3 Å². The Hall–Kier alpha value is -3.59. The van der Waals surface area contributed by atoms with Gasteiger partial charge in [0.2, 0.25) is 10.0 Å². The average molecular weight is 454 g/mol. The van der Waals surface area contributed by atoms with Gasteiger partial charge in [-0.3, -0.25) is 9.52 Å². The lowest BCUT2D eigenvalue weighted by atomic mass is 9.97. The first-order chi connectivity index (χ1) is 15.4. The van der Waals surface area contributed by atoms with E-state index in [1.54, 1.807) is 30.3 Å². The summed E-state index contributed by atoms with van der Waals surface area (Å²) in [5.41, 5.74) is 2.62. The SMILES string of the molecule is CCOc1ccccc1[C@@H]1CC(c2cccc(NS(C)(=O)=O)c2)=NN1C(=O)c1ccco1. The van der Waals surface area contributed by atoms with Gasteiger partial charge in [0.1, 0.15) is 5.75 Å². The zero-order chi connectivity index (χ0) is 22.7. The van der Waals surface area contributed by atoms with Crippen LogP contribution in [-0.4, -0.2) is 37.9 Å². The first kappa shape index (κ1) is 21.6. The largest absolute Gasteiger partial charge is 0.494 e. The number of sulfonamides is 1. The van der Waals surface area contributed by atoms with Crippen LogP contribution in [0.3, 0.4) is 0 Å². The summed E-state index contributed by atoms with van der Waals surface area (Å²) in [6.07, 6.45) is 2.97. The highest BCUT2D eigenvalue weighted by molar-refractivity contribution is 7.92. The lowest BCUT2D eigenvalue weighted by Gasteiger charge is -2.23. The second kappa shape index (κ2) is 8.88. The van der Waals surface area contributed by atoms with Crippen molar-refractivity contribution in [3.8, 4) is 5.75 Å². The Balaban J connectivity index is 1.74. The van der Waals surface area contributed by atoms with Gasteiger partial charge in [0.15, 0.2) is 5.76 Å². The number of nitrogens with zero attached hydrogens (tertiary/aromatic N) is 2. The molecule has 2 aromatic carbocycles. The Morgan fingerprint density at radius 2 is 2.00 bits per heavy atom. The highest BCUT2D eigenvalue weighted by Crippen LogP contribution is 2.38. The maximum atomic E-state index is 13.2. The van der Waals surface area contributed by atoms with Gasteiger partial charge in [0, 0.05) is 17.7 Å². The molecule has 0 fully saturated rings. The molecule has 0 saturated carbocycles. The van der Waals surface area contributed by atoms with Crippen molar-refractivity contribution in [2.75, 3.05) is 17.6 Å². The minimum absolute atomic E-state index is 0.182. The Morgan fingerprint density at radius 1 is 1.19 bits per heavy atom. The fourth-order valence-electron chi connectivity index (χ4n) is 3.65. The summed E-state index contributed by atoms with van der Waals surface area (Å²) in [4.78, 5) is 13.2. The number of amides is 1. The van der Waals surface area contributed by atoms with Crippen LogP contribution in [0.2, 0.25) is 0 Å². The van der Waals surface area contributed by atoms with E-state index in [2.05, 4.69) is 9.82 Å². The number of nitrogens with one attached hydrogen (secondary N) is 1. The number of carbonyl (C=O) groups is 1. The molecule has 1 aliphatic heterocycles. The number of hydrogen-bond donors (Lipinski definition) is 1. The van der Waals surface area contributed by atoms with Crippen LogP contribution in [0.5, 0.6) is 5.75 Å². The zero-order valence-corrected chi connectivity index (χ0v) is 18.5. The molecule has 0 aliphatic carbocycles. The van der Waals surface area contributed by atoms with E-state index in [0.29, 0.717) is 35.7 Å². The van der Waals surface area contributed by atoms with Crippen molar-refractivity contribution in [1.29, 1.82) is 0 Å². The molecule has 1 aromatic heterocycles. The Labute approximate surface area is 186 Å². The lowest BCUT2D eigenvalue weighted by molar-refractivity contribution is 0.0676. The second-order valence-electron chi connectivity index (χ2n) is 7.32. The summed E-state index contributed by atoms with van der Waals surface area (Å²) in [5.74, 6) is 0.495. The quantitative estimate of drug-likeness (QED) is 0.582. The van der Waals surface area contributed by atoms with E-state index in [4.69, 9.17) is 9.15 Å². The highest BCUT2D eigenvalue weighted by Gasteiger charge is 2.36. The van der Waals surface area contributed by atoms with Crippen LogP contribution in [-0.2, 0) is 10.0 Å².